The maximum Gasteiger partial charge on any atom is 0.0665 e. The van der Waals surface area contributed by atoms with Crippen LogP contribution in [0.2, 0.25) is 0 Å². The Morgan fingerprint density at radius 1 is 1.55 bits per heavy atom. The van der Waals surface area contributed by atoms with Crippen LogP contribution in [0.1, 0.15) is 27.2 Å². The fourth-order valence-electron chi connectivity index (χ4n) is 0.927. The Labute approximate surface area is 69.0 Å². The maximum absolute atomic E-state index is 9.20. The highest BCUT2D eigenvalue weighted by Crippen LogP contribution is 1.96. The van der Waals surface area contributed by atoms with Gasteiger partial charge in [0.2, 0.25) is 0 Å². The van der Waals surface area contributed by atoms with Gasteiger partial charge in [0.1, 0.15) is 0 Å². The monoisotopic (exact) mass is 155 g/mol. The Morgan fingerprint density at radius 2 is 2.18 bits per heavy atom. The standard InChI is InChI=1S/C9H17NO/c1-4-6-7-10-9(5-2)8(3)11/h8-11H,5,7H2,1-3H3. The summed E-state index contributed by atoms with van der Waals surface area (Å²) in [4.78, 5) is 0. The smallest absolute Gasteiger partial charge is 0.0665 e. The van der Waals surface area contributed by atoms with Crippen molar-refractivity contribution in [3.8, 4) is 11.8 Å². The van der Waals surface area contributed by atoms with E-state index in [2.05, 4.69) is 17.2 Å². The number of hydrogen-bond donors (Lipinski definition) is 2. The van der Waals surface area contributed by atoms with Crippen molar-refractivity contribution in [3.63, 3.8) is 0 Å². The van der Waals surface area contributed by atoms with E-state index in [1.807, 2.05) is 13.8 Å². The molecule has 2 unspecified atom stereocenters. The van der Waals surface area contributed by atoms with Crippen LogP contribution < -0.4 is 5.32 Å². The SMILES string of the molecule is CC#CCNC(CC)C(C)O. The van der Waals surface area contributed by atoms with Gasteiger partial charge in [0, 0.05) is 6.04 Å². The fourth-order valence-corrected chi connectivity index (χ4v) is 0.927. The van der Waals surface area contributed by atoms with Crippen molar-refractivity contribution in [1.82, 2.24) is 5.32 Å². The molecule has 2 nitrogen and oxygen atoms in total. The van der Waals surface area contributed by atoms with Crippen LogP contribution in [0, 0.1) is 11.8 Å². The highest BCUT2D eigenvalue weighted by molar-refractivity contribution is 4.97. The number of aliphatic hydroxyl groups excluding tert-OH is 1. The zero-order valence-corrected chi connectivity index (χ0v) is 7.52. The molecule has 0 aliphatic rings. The van der Waals surface area contributed by atoms with Gasteiger partial charge in [0.05, 0.1) is 12.6 Å². The van der Waals surface area contributed by atoms with Crippen molar-refractivity contribution >= 4 is 0 Å². The summed E-state index contributed by atoms with van der Waals surface area (Å²) in [6, 6.07) is 0.177. The van der Waals surface area contributed by atoms with Gasteiger partial charge in [-0.15, -0.1) is 5.92 Å². The van der Waals surface area contributed by atoms with E-state index in [1.165, 1.54) is 0 Å². The molecular weight excluding hydrogens is 138 g/mol. The summed E-state index contributed by atoms with van der Waals surface area (Å²) >= 11 is 0. The maximum atomic E-state index is 9.20. The summed E-state index contributed by atoms with van der Waals surface area (Å²) in [6.45, 7) is 6.31. The van der Waals surface area contributed by atoms with E-state index in [0.717, 1.165) is 6.42 Å². The van der Waals surface area contributed by atoms with Crippen LogP contribution in [0.4, 0.5) is 0 Å². The molecule has 0 amide bonds. The molecule has 0 bridgehead atoms. The van der Waals surface area contributed by atoms with Gasteiger partial charge in [-0.1, -0.05) is 12.8 Å². The van der Waals surface area contributed by atoms with Crippen LogP contribution in [-0.4, -0.2) is 23.8 Å². The topological polar surface area (TPSA) is 32.3 Å². The first-order valence-corrected chi connectivity index (χ1v) is 4.03. The van der Waals surface area contributed by atoms with Crippen molar-refractivity contribution < 1.29 is 5.11 Å². The lowest BCUT2D eigenvalue weighted by Crippen LogP contribution is -2.37. The van der Waals surface area contributed by atoms with Gasteiger partial charge in [0.15, 0.2) is 0 Å². The predicted molar refractivity (Wildman–Crippen MR) is 47.2 cm³/mol. The van der Waals surface area contributed by atoms with E-state index in [9.17, 15) is 5.11 Å². The number of hydrogen-bond acceptors (Lipinski definition) is 2. The number of rotatable bonds is 4. The number of nitrogens with one attached hydrogen (secondary N) is 1. The molecule has 64 valence electrons. The first kappa shape index (κ1) is 10.5. The second-order valence-electron chi connectivity index (χ2n) is 2.56. The van der Waals surface area contributed by atoms with Gasteiger partial charge < -0.3 is 10.4 Å². The largest absolute Gasteiger partial charge is 0.392 e. The average Bonchev–Trinajstić information content (AvgIpc) is 1.97. The molecule has 0 aromatic heterocycles. The van der Waals surface area contributed by atoms with E-state index < -0.39 is 0 Å². The van der Waals surface area contributed by atoms with E-state index in [-0.39, 0.29) is 12.1 Å². The van der Waals surface area contributed by atoms with Crippen molar-refractivity contribution in [2.75, 3.05) is 6.54 Å². The van der Waals surface area contributed by atoms with Crippen molar-refractivity contribution in [1.29, 1.82) is 0 Å². The van der Waals surface area contributed by atoms with Crippen molar-refractivity contribution in [2.24, 2.45) is 0 Å². The van der Waals surface area contributed by atoms with Gasteiger partial charge in [-0.25, -0.2) is 0 Å². The van der Waals surface area contributed by atoms with Gasteiger partial charge in [0.25, 0.3) is 0 Å². The molecule has 0 aliphatic heterocycles. The number of aliphatic hydroxyl groups is 1. The second kappa shape index (κ2) is 6.21. The quantitative estimate of drug-likeness (QED) is 0.587. The second-order valence-corrected chi connectivity index (χ2v) is 2.56. The summed E-state index contributed by atoms with van der Waals surface area (Å²) in [6.07, 6.45) is 0.641. The highest BCUT2D eigenvalue weighted by atomic mass is 16.3. The van der Waals surface area contributed by atoms with Crippen LogP contribution in [-0.2, 0) is 0 Å². The molecule has 0 rings (SSSR count). The summed E-state index contributed by atoms with van der Waals surface area (Å²) in [7, 11) is 0. The van der Waals surface area contributed by atoms with Crippen LogP contribution in [0.25, 0.3) is 0 Å². The van der Waals surface area contributed by atoms with Gasteiger partial charge in [-0.05, 0) is 20.3 Å². The normalized spacial score (nSPS) is 14.9. The molecule has 2 heteroatoms. The Bertz CT molecular complexity index is 143. The minimum absolute atomic E-state index is 0.177. The Hall–Kier alpha value is -0.520. The summed E-state index contributed by atoms with van der Waals surface area (Å²) in [5.41, 5.74) is 0. The Balaban J connectivity index is 3.58. The third-order valence-corrected chi connectivity index (χ3v) is 1.65. The van der Waals surface area contributed by atoms with E-state index in [1.54, 1.807) is 6.92 Å². The zero-order valence-electron chi connectivity index (χ0n) is 7.52. The molecule has 0 saturated heterocycles. The molecule has 11 heavy (non-hydrogen) atoms. The first-order chi connectivity index (χ1) is 5.22. The highest BCUT2D eigenvalue weighted by Gasteiger charge is 2.09. The van der Waals surface area contributed by atoms with Crippen LogP contribution >= 0.6 is 0 Å². The van der Waals surface area contributed by atoms with Gasteiger partial charge in [-0.3, -0.25) is 0 Å². The fraction of sp³-hybridized carbons (Fsp3) is 0.778. The molecule has 0 radical (unpaired) electrons. The zero-order chi connectivity index (χ0) is 8.69. The summed E-state index contributed by atoms with van der Waals surface area (Å²) < 4.78 is 0. The van der Waals surface area contributed by atoms with Crippen LogP contribution in [0.5, 0.6) is 0 Å². The molecule has 0 aromatic carbocycles. The van der Waals surface area contributed by atoms with E-state index >= 15 is 0 Å². The molecule has 0 fully saturated rings. The van der Waals surface area contributed by atoms with E-state index in [0.29, 0.717) is 6.54 Å². The Morgan fingerprint density at radius 3 is 2.55 bits per heavy atom. The van der Waals surface area contributed by atoms with Crippen molar-refractivity contribution in [2.45, 2.75) is 39.3 Å². The molecule has 0 aromatic rings. The minimum Gasteiger partial charge on any atom is -0.392 e. The lowest BCUT2D eigenvalue weighted by Gasteiger charge is -2.17. The van der Waals surface area contributed by atoms with Gasteiger partial charge >= 0.3 is 0 Å². The van der Waals surface area contributed by atoms with E-state index in [4.69, 9.17) is 0 Å². The molecule has 0 aliphatic carbocycles. The average molecular weight is 155 g/mol. The molecule has 0 saturated carbocycles. The molecule has 2 atom stereocenters. The molecule has 0 heterocycles. The third-order valence-electron chi connectivity index (χ3n) is 1.65. The van der Waals surface area contributed by atoms with Gasteiger partial charge in [-0.2, -0.15) is 0 Å². The molecule has 0 spiro atoms. The first-order valence-electron chi connectivity index (χ1n) is 4.03. The van der Waals surface area contributed by atoms with Crippen LogP contribution in [0.3, 0.4) is 0 Å². The van der Waals surface area contributed by atoms with Crippen LogP contribution in [0.15, 0.2) is 0 Å². The summed E-state index contributed by atoms with van der Waals surface area (Å²) in [5.74, 6) is 5.69. The predicted octanol–water partition coefficient (Wildman–Crippen LogP) is 0.759. The molecule has 2 N–H and O–H groups in total. The molecular formula is C9H17NO. The third kappa shape index (κ3) is 4.83. The lowest BCUT2D eigenvalue weighted by molar-refractivity contribution is 0.145. The Kier molecular flexibility index (Phi) is 5.91. The lowest BCUT2D eigenvalue weighted by atomic mass is 10.1. The minimum atomic E-state index is -0.293. The van der Waals surface area contributed by atoms with Crippen molar-refractivity contribution in [3.05, 3.63) is 0 Å². The summed E-state index contributed by atoms with van der Waals surface area (Å²) in [5, 5.41) is 12.3.